The molecule has 0 heterocycles. The highest BCUT2D eigenvalue weighted by atomic mass is 16.7. The summed E-state index contributed by atoms with van der Waals surface area (Å²) in [5.41, 5.74) is 9.93. The van der Waals surface area contributed by atoms with Crippen LogP contribution in [0.1, 0.15) is 63.5 Å². The van der Waals surface area contributed by atoms with Gasteiger partial charge >= 0.3 is 5.97 Å². The number of carbonyl (C=O) groups excluding carboxylic acids is 2. The predicted octanol–water partition coefficient (Wildman–Crippen LogP) is 8.87. The monoisotopic (exact) mass is 591 g/mol. The van der Waals surface area contributed by atoms with Crippen LogP contribution in [0.5, 0.6) is 0 Å². The Balaban J connectivity index is 1.43. The Morgan fingerprint density at radius 3 is 1.89 bits per heavy atom. The topological polar surface area (TPSA) is 55.7 Å². The van der Waals surface area contributed by atoms with Crippen molar-refractivity contribution in [1.29, 1.82) is 0 Å². The smallest absolute Gasteiger partial charge is 0.318 e. The third-order valence-corrected chi connectivity index (χ3v) is 8.90. The predicted molar refractivity (Wildman–Crippen MR) is 181 cm³/mol. The van der Waals surface area contributed by atoms with Crippen molar-refractivity contribution >= 4 is 17.5 Å². The van der Waals surface area contributed by atoms with Crippen LogP contribution in [0.3, 0.4) is 0 Å². The Hall–Kier alpha value is -5.09. The third-order valence-electron chi connectivity index (χ3n) is 8.90. The summed E-state index contributed by atoms with van der Waals surface area (Å²) >= 11 is 0. The Labute approximate surface area is 265 Å². The molecule has 0 saturated carbocycles. The molecule has 1 aliphatic carbocycles. The first-order chi connectivity index (χ1) is 21.9. The highest BCUT2D eigenvalue weighted by Crippen LogP contribution is 2.53. The second-order valence-corrected chi connectivity index (χ2v) is 12.0. The zero-order valence-corrected chi connectivity index (χ0v) is 25.8. The maximum atomic E-state index is 14.2. The normalized spacial score (nSPS) is 13.2. The van der Waals surface area contributed by atoms with Gasteiger partial charge in [-0.2, -0.15) is 0 Å². The number of rotatable bonds is 11. The minimum absolute atomic E-state index is 0.199. The molecular formula is C41H37NO3. The summed E-state index contributed by atoms with van der Waals surface area (Å²) in [5.74, 6) is -0.800. The molecule has 45 heavy (non-hydrogen) atoms. The lowest BCUT2D eigenvalue weighted by atomic mass is 9.70. The summed E-state index contributed by atoms with van der Waals surface area (Å²) < 4.78 is 0. The van der Waals surface area contributed by atoms with E-state index in [1.807, 2.05) is 37.3 Å². The van der Waals surface area contributed by atoms with Gasteiger partial charge in [0.05, 0.1) is 0 Å². The van der Waals surface area contributed by atoms with Gasteiger partial charge in [0.1, 0.15) is 5.71 Å². The molecule has 0 N–H and O–H groups in total. The summed E-state index contributed by atoms with van der Waals surface area (Å²) in [6.45, 7) is 3.30. The molecule has 5 aromatic rings. The highest BCUT2D eigenvalue weighted by molar-refractivity contribution is 6.46. The third kappa shape index (κ3) is 6.56. The lowest BCUT2D eigenvalue weighted by molar-refractivity contribution is -0.140. The van der Waals surface area contributed by atoms with Gasteiger partial charge in [-0.25, -0.2) is 4.79 Å². The first-order valence-electron chi connectivity index (χ1n) is 15.6. The zero-order valence-electron chi connectivity index (χ0n) is 25.8. The summed E-state index contributed by atoms with van der Waals surface area (Å²) in [6.07, 6.45) is 3.90. The molecule has 0 spiro atoms. The number of Topliss-reactive ketones (excluding diaryl/α,β-unsaturated/α-hetero) is 1. The number of hydrogen-bond donors (Lipinski definition) is 0. The van der Waals surface area contributed by atoms with Gasteiger partial charge in [0, 0.05) is 24.3 Å². The molecule has 0 bridgehead atoms. The fraction of sp³-hybridized carbons (Fsp3) is 0.195. The van der Waals surface area contributed by atoms with Crippen LogP contribution in [0.25, 0.3) is 11.1 Å². The highest BCUT2D eigenvalue weighted by Gasteiger charge is 2.42. The van der Waals surface area contributed by atoms with Crippen LogP contribution in [0.4, 0.5) is 0 Å². The largest absolute Gasteiger partial charge is 0.331 e. The van der Waals surface area contributed by atoms with Gasteiger partial charge in [-0.3, -0.25) is 4.79 Å². The Morgan fingerprint density at radius 1 is 0.644 bits per heavy atom. The molecular weight excluding hydrogens is 554 g/mol. The number of fused-ring (bicyclic) bond motifs is 3. The number of aryl methyl sites for hydroxylation is 3. The van der Waals surface area contributed by atoms with Gasteiger partial charge in [0.15, 0.2) is 0 Å². The van der Waals surface area contributed by atoms with Gasteiger partial charge < -0.3 is 4.84 Å². The van der Waals surface area contributed by atoms with Crippen molar-refractivity contribution in [2.75, 3.05) is 0 Å². The van der Waals surface area contributed by atoms with Crippen molar-refractivity contribution in [2.45, 2.75) is 51.4 Å². The van der Waals surface area contributed by atoms with Gasteiger partial charge in [0.2, 0.25) is 5.78 Å². The molecule has 4 nitrogen and oxygen atoms in total. The lowest BCUT2D eigenvalue weighted by Crippen LogP contribution is -2.28. The first kappa shape index (κ1) is 30.0. The van der Waals surface area contributed by atoms with E-state index >= 15 is 0 Å². The molecule has 1 aliphatic rings. The molecule has 0 amide bonds. The van der Waals surface area contributed by atoms with Crippen LogP contribution in [-0.2, 0) is 34.3 Å². The second-order valence-electron chi connectivity index (χ2n) is 12.0. The van der Waals surface area contributed by atoms with Gasteiger partial charge in [-0.15, -0.1) is 0 Å². The average molecular weight is 592 g/mol. The van der Waals surface area contributed by atoms with Gasteiger partial charge in [-0.05, 0) is 77.6 Å². The molecule has 0 radical (unpaired) electrons. The second kappa shape index (κ2) is 13.3. The molecule has 0 saturated heterocycles. The maximum absolute atomic E-state index is 14.2. The number of nitrogens with zero attached hydrogens (tertiary/aromatic N) is 1. The number of oxime groups is 1. The molecule has 4 heteroatoms. The molecule has 6 rings (SSSR count). The maximum Gasteiger partial charge on any atom is 0.331 e. The molecule has 5 aromatic carbocycles. The van der Waals surface area contributed by atoms with Crippen LogP contribution in [0, 0.1) is 6.92 Å². The minimum atomic E-state index is -0.560. The molecule has 0 fully saturated rings. The van der Waals surface area contributed by atoms with E-state index in [1.165, 1.54) is 40.3 Å². The zero-order chi connectivity index (χ0) is 31.2. The van der Waals surface area contributed by atoms with E-state index in [0.29, 0.717) is 5.56 Å². The molecule has 224 valence electrons. The van der Waals surface area contributed by atoms with Crippen LogP contribution < -0.4 is 0 Å². The lowest BCUT2D eigenvalue weighted by Gasteiger charge is -2.33. The van der Waals surface area contributed by atoms with Crippen molar-refractivity contribution < 1.29 is 14.4 Å². The van der Waals surface area contributed by atoms with Crippen LogP contribution >= 0.6 is 0 Å². The van der Waals surface area contributed by atoms with Gasteiger partial charge in [0.25, 0.3) is 0 Å². The van der Waals surface area contributed by atoms with Crippen molar-refractivity contribution in [3.63, 3.8) is 0 Å². The van der Waals surface area contributed by atoms with E-state index in [0.717, 1.165) is 36.8 Å². The van der Waals surface area contributed by atoms with E-state index in [9.17, 15) is 9.59 Å². The summed E-state index contributed by atoms with van der Waals surface area (Å²) in [6, 6.07) is 43.9. The Kier molecular flexibility index (Phi) is 8.84. The van der Waals surface area contributed by atoms with E-state index < -0.39 is 5.97 Å². The fourth-order valence-corrected chi connectivity index (χ4v) is 6.72. The Morgan fingerprint density at radius 2 is 1.24 bits per heavy atom. The van der Waals surface area contributed by atoms with Gasteiger partial charge in [-0.1, -0.05) is 132 Å². The van der Waals surface area contributed by atoms with Crippen molar-refractivity contribution in [1.82, 2.24) is 0 Å². The SMILES string of the molecule is CC(=O)O/N=C(\Cc1cccc(C)c1)C(=O)c1ccc2c(c1)C(CCc1ccccc1)(CCc1ccccc1)c1ccccc1-2. The number of benzene rings is 5. The Bertz CT molecular complexity index is 1810. The summed E-state index contributed by atoms with van der Waals surface area (Å²) in [5, 5.41) is 4.06. The van der Waals surface area contributed by atoms with Crippen molar-refractivity contribution in [3.05, 3.63) is 166 Å². The van der Waals surface area contributed by atoms with Crippen LogP contribution in [-0.4, -0.2) is 17.5 Å². The minimum Gasteiger partial charge on any atom is -0.318 e. The summed E-state index contributed by atoms with van der Waals surface area (Å²) in [4.78, 5) is 30.9. The average Bonchev–Trinajstić information content (AvgIpc) is 3.34. The van der Waals surface area contributed by atoms with Crippen molar-refractivity contribution in [3.8, 4) is 11.1 Å². The number of hydrogen-bond acceptors (Lipinski definition) is 4. The van der Waals surface area contributed by atoms with E-state index in [2.05, 4.69) is 102 Å². The first-order valence-corrected chi connectivity index (χ1v) is 15.6. The van der Waals surface area contributed by atoms with E-state index in [-0.39, 0.29) is 23.3 Å². The quantitative estimate of drug-likeness (QED) is 0.0667. The molecule has 0 aromatic heterocycles. The standard InChI is InChI=1S/C41H37NO3/c1-29-12-11-17-33(26-29)27-39(42-45-30(2)43)40(44)34-20-21-36-35-18-9-10-19-37(35)41(38(36)28-34,24-22-31-13-5-3-6-14-31)25-23-32-15-7-4-8-16-32/h3-21,26,28H,22-25,27H2,1-2H3/b42-39+. The number of ketones is 1. The molecule has 0 aliphatic heterocycles. The molecule has 0 unspecified atom stereocenters. The van der Waals surface area contributed by atoms with Crippen molar-refractivity contribution in [2.24, 2.45) is 5.16 Å². The summed E-state index contributed by atoms with van der Waals surface area (Å²) in [7, 11) is 0. The van der Waals surface area contributed by atoms with Crippen LogP contribution in [0.15, 0.2) is 133 Å². The number of carbonyl (C=O) groups is 2. The molecule has 0 atom stereocenters. The van der Waals surface area contributed by atoms with E-state index in [1.54, 1.807) is 0 Å². The fourth-order valence-electron chi connectivity index (χ4n) is 6.72. The van der Waals surface area contributed by atoms with E-state index in [4.69, 9.17) is 4.84 Å². The van der Waals surface area contributed by atoms with Crippen LogP contribution in [0.2, 0.25) is 0 Å².